The van der Waals surface area contributed by atoms with Crippen LogP contribution >= 0.6 is 0 Å². The Morgan fingerprint density at radius 1 is 1.10 bits per heavy atom. The molecule has 0 aliphatic carbocycles. The number of methoxy groups -OCH3 is 1. The summed E-state index contributed by atoms with van der Waals surface area (Å²) in [6.45, 7) is 1.59. The summed E-state index contributed by atoms with van der Waals surface area (Å²) in [5.41, 5.74) is 4.77. The fourth-order valence-corrected chi connectivity index (χ4v) is 3.84. The lowest BCUT2D eigenvalue weighted by Gasteiger charge is -2.17. The average molecular weight is 385 g/mol. The highest BCUT2D eigenvalue weighted by Gasteiger charge is 2.32. The molecule has 0 bridgehead atoms. The Morgan fingerprint density at radius 3 is 2.69 bits per heavy atom. The number of hydrogen-bond donors (Lipinski definition) is 0. The maximum Gasteiger partial charge on any atom is 0.255 e. The Kier molecular flexibility index (Phi) is 4.80. The number of hydrogen-bond acceptors (Lipinski definition) is 4. The van der Waals surface area contributed by atoms with Crippen LogP contribution in [0.1, 0.15) is 48.5 Å². The van der Waals surface area contributed by atoms with Crippen molar-refractivity contribution in [2.45, 2.75) is 19.6 Å². The predicted octanol–water partition coefficient (Wildman–Crippen LogP) is 2.30. The van der Waals surface area contributed by atoms with Gasteiger partial charge in [-0.2, -0.15) is 5.26 Å². The van der Waals surface area contributed by atoms with Crippen LogP contribution in [0.15, 0.2) is 30.3 Å². The third-order valence-electron chi connectivity index (χ3n) is 5.25. The molecule has 29 heavy (non-hydrogen) atoms. The van der Waals surface area contributed by atoms with Gasteiger partial charge in [0.15, 0.2) is 0 Å². The van der Waals surface area contributed by atoms with Crippen LogP contribution in [-0.2, 0) is 24.4 Å². The molecule has 6 nitrogen and oxygen atoms in total. The lowest BCUT2D eigenvalue weighted by Crippen LogP contribution is -2.24. The van der Waals surface area contributed by atoms with Crippen LogP contribution in [0.3, 0.4) is 0 Å². The highest BCUT2D eigenvalue weighted by atomic mass is 16.5. The first kappa shape index (κ1) is 18.7. The topological polar surface area (TPSA) is 73.6 Å². The van der Waals surface area contributed by atoms with Gasteiger partial charge in [0.05, 0.1) is 11.1 Å². The Morgan fingerprint density at radius 2 is 1.93 bits per heavy atom. The average Bonchev–Trinajstić information content (AvgIpc) is 3.18. The second kappa shape index (κ2) is 7.43. The van der Waals surface area contributed by atoms with E-state index < -0.39 is 0 Å². The van der Waals surface area contributed by atoms with E-state index in [2.05, 4.69) is 17.9 Å². The van der Waals surface area contributed by atoms with E-state index in [0.717, 1.165) is 16.7 Å². The normalized spacial score (nSPS) is 14.4. The number of amides is 2. The lowest BCUT2D eigenvalue weighted by atomic mass is 9.98. The number of rotatable bonds is 3. The van der Waals surface area contributed by atoms with Crippen molar-refractivity contribution in [3.05, 3.63) is 69.3 Å². The number of nitriles is 1. The van der Waals surface area contributed by atoms with E-state index in [9.17, 15) is 14.9 Å². The molecular formula is C23H19N3O3. The lowest BCUT2D eigenvalue weighted by molar-refractivity contribution is 0.0766. The molecule has 0 radical (unpaired) electrons. The third-order valence-corrected chi connectivity index (χ3v) is 5.25. The molecule has 6 heteroatoms. The molecule has 0 N–H and O–H groups in total. The largest absolute Gasteiger partial charge is 0.372 e. The molecule has 2 aromatic carbocycles. The number of carbonyl (C=O) groups is 2. The van der Waals surface area contributed by atoms with Crippen molar-refractivity contribution in [2.24, 2.45) is 0 Å². The van der Waals surface area contributed by atoms with E-state index >= 15 is 0 Å². The molecule has 0 saturated heterocycles. The van der Waals surface area contributed by atoms with Crippen LogP contribution in [-0.4, -0.2) is 42.4 Å². The van der Waals surface area contributed by atoms with Gasteiger partial charge < -0.3 is 14.5 Å². The third kappa shape index (κ3) is 3.24. The van der Waals surface area contributed by atoms with Gasteiger partial charge in [0.2, 0.25) is 0 Å². The number of benzene rings is 2. The van der Waals surface area contributed by atoms with Gasteiger partial charge in [-0.05, 0) is 34.9 Å². The molecular weight excluding hydrogens is 366 g/mol. The van der Waals surface area contributed by atoms with E-state index in [0.29, 0.717) is 42.0 Å². The van der Waals surface area contributed by atoms with Crippen molar-refractivity contribution in [3.63, 3.8) is 0 Å². The summed E-state index contributed by atoms with van der Waals surface area (Å²) < 4.78 is 4.94. The molecule has 2 aliphatic rings. The summed E-state index contributed by atoms with van der Waals surface area (Å²) >= 11 is 0. The Hall–Kier alpha value is -3.61. The summed E-state index contributed by atoms with van der Waals surface area (Å²) in [6, 6.07) is 11.4. The minimum atomic E-state index is -0.145. The molecule has 0 atom stereocenters. The van der Waals surface area contributed by atoms with Crippen molar-refractivity contribution >= 4 is 11.8 Å². The molecule has 2 aliphatic heterocycles. The van der Waals surface area contributed by atoms with Crippen molar-refractivity contribution in [2.75, 3.05) is 20.8 Å². The molecule has 0 spiro atoms. The van der Waals surface area contributed by atoms with Gasteiger partial charge in [0, 0.05) is 44.9 Å². The molecule has 2 amide bonds. The monoisotopic (exact) mass is 385 g/mol. The maximum absolute atomic E-state index is 12.8. The van der Waals surface area contributed by atoms with E-state index in [4.69, 9.17) is 4.74 Å². The zero-order chi connectivity index (χ0) is 20.5. The van der Waals surface area contributed by atoms with E-state index in [1.807, 2.05) is 24.3 Å². The van der Waals surface area contributed by atoms with E-state index in [1.54, 1.807) is 30.0 Å². The van der Waals surface area contributed by atoms with E-state index in [1.165, 1.54) is 0 Å². The summed E-state index contributed by atoms with van der Waals surface area (Å²) in [6.07, 6.45) is 0. The number of ether oxygens (including phenoxy) is 1. The minimum Gasteiger partial charge on any atom is -0.372 e. The van der Waals surface area contributed by atoms with Crippen LogP contribution in [0.25, 0.3) is 0 Å². The van der Waals surface area contributed by atoms with Crippen molar-refractivity contribution in [1.29, 1.82) is 5.26 Å². The summed E-state index contributed by atoms with van der Waals surface area (Å²) in [5, 5.41) is 9.69. The second-order valence-electron chi connectivity index (χ2n) is 7.17. The molecule has 0 saturated carbocycles. The van der Waals surface area contributed by atoms with E-state index in [-0.39, 0.29) is 18.4 Å². The van der Waals surface area contributed by atoms with Crippen LogP contribution in [0, 0.1) is 23.2 Å². The maximum atomic E-state index is 12.8. The van der Waals surface area contributed by atoms with Crippen molar-refractivity contribution < 1.29 is 14.3 Å². The summed E-state index contributed by atoms with van der Waals surface area (Å²) in [4.78, 5) is 28.6. The van der Waals surface area contributed by atoms with Crippen molar-refractivity contribution in [3.8, 4) is 17.9 Å². The van der Waals surface area contributed by atoms with Gasteiger partial charge in [-0.1, -0.05) is 24.0 Å². The standard InChI is InChI=1S/C23H19N3O3/c1-25-12-17-7-6-16(20(11-24)21(17)23(25)28)13-26-14-18-10-15(4-3-9-29-2)5-8-19(18)22(26)27/h5-8,10H,9,12-14H2,1-2H3. The highest BCUT2D eigenvalue weighted by molar-refractivity contribution is 6.01. The molecule has 0 aromatic heterocycles. The van der Waals surface area contributed by atoms with Crippen LogP contribution in [0.4, 0.5) is 0 Å². The Labute approximate surface area is 169 Å². The molecule has 4 rings (SSSR count). The highest BCUT2D eigenvalue weighted by Crippen LogP contribution is 2.30. The number of nitrogens with zero attached hydrogens (tertiary/aromatic N) is 3. The molecule has 0 unspecified atom stereocenters. The number of carbonyl (C=O) groups excluding carboxylic acids is 2. The first-order valence-corrected chi connectivity index (χ1v) is 9.23. The smallest absolute Gasteiger partial charge is 0.255 e. The van der Waals surface area contributed by atoms with Crippen LogP contribution in [0.5, 0.6) is 0 Å². The fraction of sp³-hybridized carbons (Fsp3) is 0.261. The predicted molar refractivity (Wildman–Crippen MR) is 106 cm³/mol. The SMILES string of the molecule is COCC#Cc1ccc2c(c1)CN(Cc1ccc3c(c1C#N)C(=O)N(C)C3)C2=O. The van der Waals surface area contributed by atoms with Gasteiger partial charge in [0.25, 0.3) is 11.8 Å². The first-order valence-electron chi connectivity index (χ1n) is 9.23. The Bertz CT molecular complexity index is 1130. The van der Waals surface area contributed by atoms with Crippen molar-refractivity contribution in [1.82, 2.24) is 9.80 Å². The zero-order valence-electron chi connectivity index (χ0n) is 16.3. The van der Waals surface area contributed by atoms with Gasteiger partial charge >= 0.3 is 0 Å². The second-order valence-corrected chi connectivity index (χ2v) is 7.17. The van der Waals surface area contributed by atoms with Gasteiger partial charge in [-0.3, -0.25) is 9.59 Å². The molecule has 144 valence electrons. The molecule has 0 fully saturated rings. The summed E-state index contributed by atoms with van der Waals surface area (Å²) in [5.74, 6) is 5.70. The quantitative estimate of drug-likeness (QED) is 0.760. The van der Waals surface area contributed by atoms with Gasteiger partial charge in [-0.15, -0.1) is 0 Å². The Balaban J connectivity index is 1.60. The minimum absolute atomic E-state index is 0.0794. The fourth-order valence-electron chi connectivity index (χ4n) is 3.84. The molecule has 2 heterocycles. The first-order chi connectivity index (χ1) is 14.0. The summed E-state index contributed by atoms with van der Waals surface area (Å²) in [7, 11) is 3.31. The zero-order valence-corrected chi connectivity index (χ0v) is 16.3. The molecule has 2 aromatic rings. The van der Waals surface area contributed by atoms with Gasteiger partial charge in [0.1, 0.15) is 12.7 Å². The van der Waals surface area contributed by atoms with Crippen LogP contribution in [0.2, 0.25) is 0 Å². The van der Waals surface area contributed by atoms with Crippen LogP contribution < -0.4 is 0 Å². The van der Waals surface area contributed by atoms with Gasteiger partial charge in [-0.25, -0.2) is 0 Å². The number of fused-ring (bicyclic) bond motifs is 2.